The number of nitrogens with two attached hydrogens (primary N) is 1. The van der Waals surface area contributed by atoms with Crippen LogP contribution in [-0.4, -0.2) is 48.1 Å². The van der Waals surface area contributed by atoms with Crippen molar-refractivity contribution in [2.75, 3.05) is 37.8 Å². The van der Waals surface area contributed by atoms with Crippen molar-refractivity contribution in [3.05, 3.63) is 28.6 Å². The van der Waals surface area contributed by atoms with Gasteiger partial charge in [-0.15, -0.1) is 0 Å². The highest BCUT2D eigenvalue weighted by atomic mass is 16.1. The van der Waals surface area contributed by atoms with Crippen molar-refractivity contribution in [1.82, 2.24) is 14.9 Å². The molecular formula is C15H21N5O. The summed E-state index contributed by atoms with van der Waals surface area (Å²) in [5.74, 6) is 0.631. The maximum atomic E-state index is 12.2. The molecule has 1 saturated heterocycles. The summed E-state index contributed by atoms with van der Waals surface area (Å²) in [6.07, 6.45) is 2.16. The number of hydrogen-bond donors (Lipinski definition) is 2. The molecule has 0 atom stereocenters. The molecule has 1 aromatic heterocycles. The molecule has 112 valence electrons. The van der Waals surface area contributed by atoms with Crippen LogP contribution in [-0.2, 0) is 0 Å². The predicted octanol–water partition coefficient (Wildman–Crippen LogP) is 1.04. The third kappa shape index (κ3) is 2.71. The number of H-pyrrole nitrogens is 1. The molecule has 0 unspecified atom stereocenters. The van der Waals surface area contributed by atoms with Gasteiger partial charge in [0.25, 0.3) is 5.56 Å². The molecule has 6 heteroatoms. The van der Waals surface area contributed by atoms with Gasteiger partial charge in [-0.25, -0.2) is 4.98 Å². The average molecular weight is 287 g/mol. The molecule has 1 aliphatic rings. The fourth-order valence-corrected chi connectivity index (χ4v) is 2.87. The van der Waals surface area contributed by atoms with E-state index in [1.165, 1.54) is 0 Å². The first-order chi connectivity index (χ1) is 10.0. The van der Waals surface area contributed by atoms with Crippen molar-refractivity contribution in [1.29, 1.82) is 0 Å². The van der Waals surface area contributed by atoms with Crippen molar-refractivity contribution < 1.29 is 0 Å². The van der Waals surface area contributed by atoms with E-state index in [0.29, 0.717) is 28.6 Å². The van der Waals surface area contributed by atoms with Gasteiger partial charge in [0.05, 0.1) is 10.9 Å². The van der Waals surface area contributed by atoms with Crippen molar-refractivity contribution in [3.63, 3.8) is 0 Å². The number of fused-ring (bicyclic) bond motifs is 1. The Bertz CT molecular complexity index is 703. The zero-order valence-corrected chi connectivity index (χ0v) is 12.5. The van der Waals surface area contributed by atoms with Gasteiger partial charge in [-0.05, 0) is 51.2 Å². The lowest BCUT2D eigenvalue weighted by Gasteiger charge is -2.35. The minimum atomic E-state index is -0.137. The number of likely N-dealkylation sites (tertiary alicyclic amines) is 1. The molecule has 1 aromatic carbocycles. The molecule has 1 aliphatic heterocycles. The number of rotatable bonds is 2. The highest BCUT2D eigenvalue weighted by molar-refractivity contribution is 5.81. The van der Waals surface area contributed by atoms with Crippen LogP contribution in [0.2, 0.25) is 0 Å². The third-order valence-corrected chi connectivity index (χ3v) is 4.29. The average Bonchev–Trinajstić information content (AvgIpc) is 2.48. The van der Waals surface area contributed by atoms with Gasteiger partial charge in [-0.3, -0.25) is 9.78 Å². The molecule has 2 aromatic rings. The number of benzene rings is 1. The molecule has 0 amide bonds. The highest BCUT2D eigenvalue weighted by Gasteiger charge is 2.22. The molecule has 3 rings (SSSR count). The minimum Gasteiger partial charge on any atom is -0.399 e. The number of aromatic nitrogens is 2. The Labute approximate surface area is 123 Å². The van der Waals surface area contributed by atoms with Gasteiger partial charge in [0.1, 0.15) is 0 Å². The van der Waals surface area contributed by atoms with Gasteiger partial charge in [0.15, 0.2) is 0 Å². The normalized spacial score (nSPS) is 17.2. The lowest BCUT2D eigenvalue weighted by molar-refractivity contribution is 0.252. The molecule has 0 radical (unpaired) electrons. The molecule has 6 nitrogen and oxygen atoms in total. The lowest BCUT2D eigenvalue weighted by atomic mass is 10.0. The Kier molecular flexibility index (Phi) is 3.55. The van der Waals surface area contributed by atoms with Crippen LogP contribution in [0.15, 0.2) is 23.0 Å². The van der Waals surface area contributed by atoms with E-state index < -0.39 is 0 Å². The van der Waals surface area contributed by atoms with Crippen LogP contribution in [0, 0.1) is 0 Å². The van der Waals surface area contributed by atoms with Crippen LogP contribution in [0.5, 0.6) is 0 Å². The number of nitrogens with one attached hydrogen (secondary N) is 1. The smallest absolute Gasteiger partial charge is 0.260 e. The fraction of sp³-hybridized carbons (Fsp3) is 0.467. The largest absolute Gasteiger partial charge is 0.399 e. The molecule has 0 spiro atoms. The second-order valence-electron chi connectivity index (χ2n) is 5.81. The molecule has 3 N–H and O–H groups in total. The summed E-state index contributed by atoms with van der Waals surface area (Å²) in [5, 5.41) is 0.538. The summed E-state index contributed by atoms with van der Waals surface area (Å²) in [6.45, 7) is 2.15. The van der Waals surface area contributed by atoms with E-state index in [1.807, 2.05) is 7.05 Å². The van der Waals surface area contributed by atoms with Gasteiger partial charge < -0.3 is 15.5 Å². The van der Waals surface area contributed by atoms with E-state index in [1.54, 1.807) is 18.2 Å². The van der Waals surface area contributed by atoms with E-state index in [2.05, 4.69) is 26.8 Å². The zero-order valence-electron chi connectivity index (χ0n) is 12.5. The molecule has 0 aliphatic carbocycles. The standard InChI is InChI=1S/C15H21N5O/c1-19-7-5-11(6-8-19)20(2)15-17-13-4-3-10(16)9-12(13)14(21)18-15/h3-4,9,11H,5-8,16H2,1-2H3,(H,17,18,21). The van der Waals surface area contributed by atoms with Crippen LogP contribution in [0.4, 0.5) is 11.6 Å². The molecule has 2 heterocycles. The monoisotopic (exact) mass is 287 g/mol. The number of aromatic amines is 1. The Balaban J connectivity index is 1.93. The van der Waals surface area contributed by atoms with Crippen molar-refractivity contribution >= 4 is 22.5 Å². The molecular weight excluding hydrogens is 266 g/mol. The minimum absolute atomic E-state index is 0.137. The first-order valence-corrected chi connectivity index (χ1v) is 7.25. The van der Waals surface area contributed by atoms with E-state index in [9.17, 15) is 4.79 Å². The van der Waals surface area contributed by atoms with Gasteiger partial charge in [0, 0.05) is 18.8 Å². The summed E-state index contributed by atoms with van der Waals surface area (Å²) in [4.78, 5) is 24.1. The Morgan fingerprint density at radius 1 is 1.38 bits per heavy atom. The SMILES string of the molecule is CN1CCC(N(C)c2nc3ccc(N)cc3c(=O)[nH]2)CC1. The van der Waals surface area contributed by atoms with E-state index in [-0.39, 0.29) is 5.56 Å². The number of hydrogen-bond acceptors (Lipinski definition) is 5. The Morgan fingerprint density at radius 3 is 2.81 bits per heavy atom. The van der Waals surface area contributed by atoms with Crippen LogP contribution >= 0.6 is 0 Å². The summed E-state index contributed by atoms with van der Waals surface area (Å²) < 4.78 is 0. The van der Waals surface area contributed by atoms with E-state index >= 15 is 0 Å². The number of nitrogens with zero attached hydrogens (tertiary/aromatic N) is 3. The van der Waals surface area contributed by atoms with Crippen LogP contribution < -0.4 is 16.2 Å². The predicted molar refractivity (Wildman–Crippen MR) is 85.7 cm³/mol. The Hall–Kier alpha value is -2.08. The van der Waals surface area contributed by atoms with Crippen LogP contribution in [0.25, 0.3) is 10.9 Å². The first-order valence-electron chi connectivity index (χ1n) is 7.25. The highest BCUT2D eigenvalue weighted by Crippen LogP contribution is 2.20. The molecule has 0 bridgehead atoms. The Morgan fingerprint density at radius 2 is 2.10 bits per heavy atom. The quantitative estimate of drug-likeness (QED) is 0.807. The van der Waals surface area contributed by atoms with Gasteiger partial charge in [-0.2, -0.15) is 0 Å². The number of anilines is 2. The number of nitrogen functional groups attached to an aromatic ring is 1. The summed E-state index contributed by atoms with van der Waals surface area (Å²) >= 11 is 0. The maximum absolute atomic E-state index is 12.2. The van der Waals surface area contributed by atoms with E-state index in [4.69, 9.17) is 5.73 Å². The van der Waals surface area contributed by atoms with Gasteiger partial charge in [-0.1, -0.05) is 0 Å². The zero-order chi connectivity index (χ0) is 15.0. The summed E-state index contributed by atoms with van der Waals surface area (Å²) in [6, 6.07) is 5.65. The van der Waals surface area contributed by atoms with Crippen molar-refractivity contribution in [2.24, 2.45) is 0 Å². The molecule has 0 saturated carbocycles. The topological polar surface area (TPSA) is 78.2 Å². The van der Waals surface area contributed by atoms with Crippen LogP contribution in [0.3, 0.4) is 0 Å². The fourth-order valence-electron chi connectivity index (χ4n) is 2.87. The maximum Gasteiger partial charge on any atom is 0.260 e. The van der Waals surface area contributed by atoms with Crippen molar-refractivity contribution in [2.45, 2.75) is 18.9 Å². The van der Waals surface area contributed by atoms with Crippen molar-refractivity contribution in [3.8, 4) is 0 Å². The van der Waals surface area contributed by atoms with E-state index in [0.717, 1.165) is 25.9 Å². The number of piperidine rings is 1. The first kappa shape index (κ1) is 13.9. The molecule has 21 heavy (non-hydrogen) atoms. The second kappa shape index (κ2) is 5.37. The lowest BCUT2D eigenvalue weighted by Crippen LogP contribution is -2.43. The van der Waals surface area contributed by atoms with Gasteiger partial charge in [0.2, 0.25) is 5.95 Å². The third-order valence-electron chi connectivity index (χ3n) is 4.29. The summed E-state index contributed by atoms with van der Waals surface area (Å²) in [7, 11) is 4.13. The van der Waals surface area contributed by atoms with Gasteiger partial charge >= 0.3 is 0 Å². The second-order valence-corrected chi connectivity index (χ2v) is 5.81. The molecule has 1 fully saturated rings. The van der Waals surface area contributed by atoms with Crippen LogP contribution in [0.1, 0.15) is 12.8 Å². The summed E-state index contributed by atoms with van der Waals surface area (Å²) in [5.41, 5.74) is 6.85.